The van der Waals surface area contributed by atoms with Gasteiger partial charge in [0.2, 0.25) is 0 Å². The molecule has 0 fully saturated rings. The fourth-order valence-electron chi connectivity index (χ4n) is 3.98. The zero-order valence-electron chi connectivity index (χ0n) is 20.6. The lowest BCUT2D eigenvalue weighted by atomic mass is 10.0. The van der Waals surface area contributed by atoms with Crippen LogP contribution in [0.2, 0.25) is 0 Å². The summed E-state index contributed by atoms with van der Waals surface area (Å²) in [5, 5.41) is 3.00. The molecule has 0 saturated heterocycles. The molecule has 0 radical (unpaired) electrons. The lowest BCUT2D eigenvalue weighted by Gasteiger charge is -2.20. The largest absolute Gasteiger partial charge is 0.286 e. The first-order valence-electron chi connectivity index (χ1n) is 12.0. The molecule has 0 amide bonds. The van der Waals surface area contributed by atoms with Crippen LogP contribution in [0.5, 0.6) is 0 Å². The van der Waals surface area contributed by atoms with Gasteiger partial charge in [0.25, 0.3) is 10.1 Å². The van der Waals surface area contributed by atoms with Crippen molar-refractivity contribution in [2.75, 3.05) is 18.6 Å². The topological polar surface area (TPSA) is 54.4 Å². The predicted octanol–water partition coefficient (Wildman–Crippen LogP) is 6.87. The van der Waals surface area contributed by atoms with E-state index in [1.165, 1.54) is 46.9 Å². The van der Waals surface area contributed by atoms with Crippen molar-refractivity contribution in [1.29, 1.82) is 0 Å². The lowest BCUT2D eigenvalue weighted by Crippen LogP contribution is -2.13. The van der Waals surface area contributed by atoms with Crippen molar-refractivity contribution >= 4 is 37.2 Å². The van der Waals surface area contributed by atoms with Gasteiger partial charge in [0.15, 0.2) is 0 Å². The lowest BCUT2D eigenvalue weighted by molar-refractivity contribution is 0.490. The molecule has 1 N–H and O–H groups in total. The van der Waals surface area contributed by atoms with Gasteiger partial charge in [-0.25, -0.2) is 0 Å². The highest BCUT2D eigenvalue weighted by Crippen LogP contribution is 2.41. The summed E-state index contributed by atoms with van der Waals surface area (Å²) in [5.74, 6) is 0. The summed E-state index contributed by atoms with van der Waals surface area (Å²) < 4.78 is 25.9. The maximum absolute atomic E-state index is 9.19. The predicted molar refractivity (Wildman–Crippen MR) is 159 cm³/mol. The van der Waals surface area contributed by atoms with E-state index in [-0.39, 0.29) is 7.92 Å². The Labute approximate surface area is 219 Å². The number of hydrogen-bond donors (Lipinski definition) is 1. The fraction of sp³-hybridized carbons (Fsp3) is 0.200. The molecule has 0 heterocycles. The summed E-state index contributed by atoms with van der Waals surface area (Å²) in [6, 6.07) is 44.2. The summed E-state index contributed by atoms with van der Waals surface area (Å²) in [4.78, 5) is 0. The van der Waals surface area contributed by atoms with Crippen molar-refractivity contribution in [2.45, 2.75) is 18.5 Å². The van der Waals surface area contributed by atoms with Gasteiger partial charge < -0.3 is 0 Å². The van der Waals surface area contributed by atoms with Crippen LogP contribution < -0.4 is 10.6 Å². The van der Waals surface area contributed by atoms with E-state index < -0.39 is 10.1 Å². The van der Waals surface area contributed by atoms with Gasteiger partial charge in [-0.05, 0) is 54.8 Å². The quantitative estimate of drug-likeness (QED) is 0.137. The van der Waals surface area contributed by atoms with E-state index in [9.17, 15) is 8.42 Å². The van der Waals surface area contributed by atoms with Gasteiger partial charge in [-0.15, -0.1) is 8.58 Å². The Balaban J connectivity index is 0.000000658. The monoisotopic (exact) mass is 536 g/mol. The molecule has 4 aromatic rings. The summed E-state index contributed by atoms with van der Waals surface area (Å²) in [7, 11) is -3.01. The third kappa shape index (κ3) is 10.3. The number of unbranched alkanes of at least 4 members (excludes halogenated alkanes) is 1. The van der Waals surface area contributed by atoms with Gasteiger partial charge in [-0.1, -0.05) is 121 Å². The zero-order valence-corrected chi connectivity index (χ0v) is 23.3. The second-order valence-electron chi connectivity index (χ2n) is 8.47. The van der Waals surface area contributed by atoms with Crippen LogP contribution in [0.25, 0.3) is 0 Å². The van der Waals surface area contributed by atoms with E-state index in [0.717, 1.165) is 8.58 Å². The van der Waals surface area contributed by atoms with Gasteiger partial charge in [-0.3, -0.25) is 4.55 Å². The summed E-state index contributed by atoms with van der Waals surface area (Å²) in [6.07, 6.45) is 5.87. The second-order valence-corrected chi connectivity index (χ2v) is 13.8. The van der Waals surface area contributed by atoms with Crippen molar-refractivity contribution in [2.24, 2.45) is 0 Å². The van der Waals surface area contributed by atoms with Crippen LogP contribution in [0.15, 0.2) is 121 Å². The van der Waals surface area contributed by atoms with Gasteiger partial charge in [0.1, 0.15) is 0 Å². The minimum atomic E-state index is -3.67. The smallest absolute Gasteiger partial charge is 0.261 e. The molecule has 0 aliphatic heterocycles. The standard InChI is InChI=1S/C29H30P2.CH4O3S/c1-5-15-25(16-6-1)29(26-17-7-2-8-18-26)30-23-13-14-24-31(27-19-9-3-10-20-27)28-21-11-4-12-22-28;1-5(2,3)4/h1-12,15-22,29-30H,13-14,23-24H2;1H3,(H,2,3,4). The number of rotatable bonds is 10. The van der Waals surface area contributed by atoms with E-state index in [1.807, 2.05) is 0 Å². The Hall–Kier alpha value is -2.35. The average molecular weight is 537 g/mol. The van der Waals surface area contributed by atoms with E-state index in [0.29, 0.717) is 11.9 Å². The molecule has 3 nitrogen and oxygen atoms in total. The van der Waals surface area contributed by atoms with Crippen LogP contribution in [0.4, 0.5) is 0 Å². The number of hydrogen-bond acceptors (Lipinski definition) is 2. The average Bonchev–Trinajstić information content (AvgIpc) is 2.89. The van der Waals surface area contributed by atoms with E-state index in [2.05, 4.69) is 121 Å². The Bertz CT molecular complexity index is 1060. The Morgan fingerprint density at radius 1 is 0.667 bits per heavy atom. The molecule has 36 heavy (non-hydrogen) atoms. The second kappa shape index (κ2) is 15.0. The molecule has 6 heteroatoms. The van der Waals surface area contributed by atoms with Crippen LogP contribution in [-0.4, -0.2) is 31.6 Å². The first-order valence-corrected chi connectivity index (χ1v) is 16.7. The third-order valence-corrected chi connectivity index (χ3v) is 9.88. The molecular formula is C30H34O3P2S. The molecule has 0 aliphatic carbocycles. The van der Waals surface area contributed by atoms with Crippen molar-refractivity contribution in [1.82, 2.24) is 0 Å². The molecule has 0 aromatic heterocycles. The van der Waals surface area contributed by atoms with Crippen LogP contribution in [0.1, 0.15) is 29.6 Å². The molecule has 0 bridgehead atoms. The molecule has 4 rings (SSSR count). The minimum Gasteiger partial charge on any atom is -0.286 e. The maximum atomic E-state index is 9.19. The minimum absolute atomic E-state index is 0.267. The highest BCUT2D eigenvalue weighted by Gasteiger charge is 2.15. The maximum Gasteiger partial charge on any atom is 0.261 e. The van der Waals surface area contributed by atoms with Crippen LogP contribution in [0, 0.1) is 0 Å². The van der Waals surface area contributed by atoms with Crippen molar-refractivity contribution in [3.8, 4) is 0 Å². The van der Waals surface area contributed by atoms with Gasteiger partial charge in [0, 0.05) is 5.66 Å². The molecular weight excluding hydrogens is 502 g/mol. The van der Waals surface area contributed by atoms with Gasteiger partial charge >= 0.3 is 0 Å². The zero-order chi connectivity index (χ0) is 25.6. The Morgan fingerprint density at radius 3 is 1.42 bits per heavy atom. The number of benzene rings is 4. The molecule has 1 unspecified atom stereocenters. The van der Waals surface area contributed by atoms with Crippen LogP contribution in [0.3, 0.4) is 0 Å². The molecule has 4 aromatic carbocycles. The van der Waals surface area contributed by atoms with Crippen LogP contribution in [-0.2, 0) is 10.1 Å². The van der Waals surface area contributed by atoms with Crippen molar-refractivity contribution in [3.63, 3.8) is 0 Å². The highest BCUT2D eigenvalue weighted by molar-refractivity contribution is 7.85. The third-order valence-electron chi connectivity index (χ3n) is 5.56. The first kappa shape index (κ1) is 28.2. The fourth-order valence-corrected chi connectivity index (χ4v) is 8.00. The van der Waals surface area contributed by atoms with Crippen molar-refractivity contribution in [3.05, 3.63) is 132 Å². The Kier molecular flexibility index (Phi) is 11.8. The van der Waals surface area contributed by atoms with E-state index in [4.69, 9.17) is 4.55 Å². The SMILES string of the molecule is CS(=O)(=O)O.c1ccc(C(PCCCCP(c2ccccc2)c2ccccc2)c2ccccc2)cc1. The first-order chi connectivity index (χ1) is 17.4. The summed E-state index contributed by atoms with van der Waals surface area (Å²) in [5.41, 5.74) is 3.41. The Morgan fingerprint density at radius 2 is 1.03 bits per heavy atom. The van der Waals surface area contributed by atoms with E-state index >= 15 is 0 Å². The van der Waals surface area contributed by atoms with Gasteiger partial charge in [0.05, 0.1) is 6.26 Å². The summed E-state index contributed by atoms with van der Waals surface area (Å²) in [6.45, 7) is 0. The molecule has 1 atom stereocenters. The normalized spacial score (nSPS) is 11.6. The molecule has 0 aliphatic rings. The highest BCUT2D eigenvalue weighted by atomic mass is 32.2. The molecule has 188 valence electrons. The molecule has 0 spiro atoms. The van der Waals surface area contributed by atoms with Gasteiger partial charge in [-0.2, -0.15) is 8.42 Å². The van der Waals surface area contributed by atoms with Crippen LogP contribution >= 0.6 is 16.5 Å². The molecule has 0 saturated carbocycles. The van der Waals surface area contributed by atoms with Crippen molar-refractivity contribution < 1.29 is 13.0 Å². The van der Waals surface area contributed by atoms with E-state index in [1.54, 1.807) is 0 Å². The summed E-state index contributed by atoms with van der Waals surface area (Å²) >= 11 is 0.